The number of carboxylic acid groups (broad SMARTS) is 1. The molecule has 2 aromatic carbocycles. The predicted octanol–water partition coefficient (Wildman–Crippen LogP) is 2.55. The van der Waals surface area contributed by atoms with Crippen LogP contribution in [0.4, 0.5) is 5.69 Å². The fourth-order valence-corrected chi connectivity index (χ4v) is 2.94. The highest BCUT2D eigenvalue weighted by molar-refractivity contribution is 6.04. The first-order valence-corrected chi connectivity index (χ1v) is 8.41. The molecular formula is C20H19N3O4. The summed E-state index contributed by atoms with van der Waals surface area (Å²) in [5, 5.41) is 15.6. The second-order valence-electron chi connectivity index (χ2n) is 6.15. The van der Waals surface area contributed by atoms with Gasteiger partial charge >= 0.3 is 5.97 Å². The maximum Gasteiger partial charge on any atom is 0.326 e. The molecule has 0 aliphatic rings. The molecular weight excluding hydrogens is 346 g/mol. The van der Waals surface area contributed by atoms with Crippen molar-refractivity contribution >= 4 is 34.4 Å². The van der Waals surface area contributed by atoms with Crippen LogP contribution in [0, 0.1) is 0 Å². The van der Waals surface area contributed by atoms with E-state index in [2.05, 4.69) is 15.6 Å². The average molecular weight is 365 g/mol. The van der Waals surface area contributed by atoms with E-state index in [-0.39, 0.29) is 17.9 Å². The minimum atomic E-state index is -1.13. The minimum absolute atomic E-state index is 0.132. The number of amides is 2. The molecule has 0 spiro atoms. The third-order valence-electron chi connectivity index (χ3n) is 4.18. The van der Waals surface area contributed by atoms with Gasteiger partial charge in [0, 0.05) is 30.4 Å². The number of benzene rings is 2. The number of carbonyl (C=O) groups is 3. The first-order chi connectivity index (χ1) is 13.0. The Kier molecular flexibility index (Phi) is 5.21. The van der Waals surface area contributed by atoms with Gasteiger partial charge in [0.2, 0.25) is 5.91 Å². The van der Waals surface area contributed by atoms with E-state index in [1.165, 1.54) is 13.0 Å². The summed E-state index contributed by atoms with van der Waals surface area (Å²) in [4.78, 5) is 38.7. The number of aromatic nitrogens is 1. The third-order valence-corrected chi connectivity index (χ3v) is 4.18. The fourth-order valence-electron chi connectivity index (χ4n) is 2.94. The molecule has 0 fully saturated rings. The third kappa shape index (κ3) is 4.14. The van der Waals surface area contributed by atoms with Gasteiger partial charge in [-0.3, -0.25) is 9.59 Å². The highest BCUT2D eigenvalue weighted by Crippen LogP contribution is 2.20. The van der Waals surface area contributed by atoms with E-state index in [0.717, 1.165) is 16.5 Å². The van der Waals surface area contributed by atoms with Crippen LogP contribution in [0.2, 0.25) is 0 Å². The van der Waals surface area contributed by atoms with Gasteiger partial charge in [0.05, 0.1) is 11.3 Å². The monoisotopic (exact) mass is 365 g/mol. The molecule has 3 aromatic rings. The van der Waals surface area contributed by atoms with Crippen LogP contribution in [-0.4, -0.2) is 33.9 Å². The zero-order valence-electron chi connectivity index (χ0n) is 14.7. The lowest BCUT2D eigenvalue weighted by Gasteiger charge is -2.16. The number of aromatic amines is 1. The molecule has 1 heterocycles. The normalized spacial score (nSPS) is 11.7. The van der Waals surface area contributed by atoms with Crippen molar-refractivity contribution in [3.63, 3.8) is 0 Å². The highest BCUT2D eigenvalue weighted by Gasteiger charge is 2.23. The summed E-state index contributed by atoms with van der Waals surface area (Å²) in [5.74, 6) is -2.01. The number of aliphatic carboxylic acids is 1. The van der Waals surface area contributed by atoms with Crippen molar-refractivity contribution in [3.05, 3.63) is 65.9 Å². The number of para-hydroxylation sites is 2. The van der Waals surface area contributed by atoms with Gasteiger partial charge in [0.15, 0.2) is 0 Å². The summed E-state index contributed by atoms with van der Waals surface area (Å²) in [6, 6.07) is 12.9. The van der Waals surface area contributed by atoms with E-state index in [1.807, 2.05) is 24.3 Å². The molecule has 0 bridgehead atoms. The molecule has 1 atom stereocenters. The molecule has 1 aromatic heterocycles. The number of carboxylic acids is 1. The number of anilines is 1. The van der Waals surface area contributed by atoms with E-state index in [9.17, 15) is 19.5 Å². The number of carbonyl (C=O) groups excluding carboxylic acids is 2. The van der Waals surface area contributed by atoms with Crippen LogP contribution in [0.3, 0.4) is 0 Å². The van der Waals surface area contributed by atoms with Crippen molar-refractivity contribution in [1.29, 1.82) is 0 Å². The smallest absolute Gasteiger partial charge is 0.326 e. The maximum atomic E-state index is 12.6. The SMILES string of the molecule is CC(=O)Nc1ccccc1C(=O)N[C@@H](Cc1c[nH]c2ccccc12)C(=O)O. The zero-order valence-corrected chi connectivity index (χ0v) is 14.7. The maximum absolute atomic E-state index is 12.6. The number of nitrogens with one attached hydrogen (secondary N) is 3. The lowest BCUT2D eigenvalue weighted by atomic mass is 10.0. The summed E-state index contributed by atoms with van der Waals surface area (Å²) < 4.78 is 0. The van der Waals surface area contributed by atoms with Crippen LogP contribution in [0.15, 0.2) is 54.7 Å². The largest absolute Gasteiger partial charge is 0.480 e. The Balaban J connectivity index is 1.82. The quantitative estimate of drug-likeness (QED) is 0.538. The molecule has 7 nitrogen and oxygen atoms in total. The van der Waals surface area contributed by atoms with Gasteiger partial charge < -0.3 is 20.7 Å². The molecule has 138 valence electrons. The summed E-state index contributed by atoms with van der Waals surface area (Å²) >= 11 is 0. The molecule has 0 saturated carbocycles. The van der Waals surface area contributed by atoms with Gasteiger partial charge in [0.25, 0.3) is 5.91 Å². The molecule has 0 radical (unpaired) electrons. The standard InChI is InChI=1S/C20H19N3O4/c1-12(24)22-17-9-5-3-7-15(17)19(25)23-18(20(26)27)10-13-11-21-16-8-4-2-6-14(13)16/h2-9,11,18,21H,10H2,1H3,(H,22,24)(H,23,25)(H,26,27)/t18-/m0/s1. The Morgan fingerprint density at radius 1 is 1.07 bits per heavy atom. The van der Waals surface area contributed by atoms with Crippen LogP contribution in [0.25, 0.3) is 10.9 Å². The second kappa shape index (κ2) is 7.74. The Hall–Kier alpha value is -3.61. The molecule has 0 aliphatic carbocycles. The summed E-state index contributed by atoms with van der Waals surface area (Å²) in [6.45, 7) is 1.34. The van der Waals surface area contributed by atoms with Gasteiger partial charge in [-0.15, -0.1) is 0 Å². The average Bonchev–Trinajstić information content (AvgIpc) is 3.04. The lowest BCUT2D eigenvalue weighted by molar-refractivity contribution is -0.139. The lowest BCUT2D eigenvalue weighted by Crippen LogP contribution is -2.42. The highest BCUT2D eigenvalue weighted by atomic mass is 16.4. The zero-order chi connectivity index (χ0) is 19.4. The molecule has 7 heteroatoms. The first-order valence-electron chi connectivity index (χ1n) is 8.41. The molecule has 27 heavy (non-hydrogen) atoms. The van der Waals surface area contributed by atoms with Gasteiger partial charge in [-0.25, -0.2) is 4.79 Å². The number of fused-ring (bicyclic) bond motifs is 1. The second-order valence-corrected chi connectivity index (χ2v) is 6.15. The first kappa shape index (κ1) is 18.2. The predicted molar refractivity (Wildman–Crippen MR) is 102 cm³/mol. The van der Waals surface area contributed by atoms with Crippen molar-refractivity contribution in [1.82, 2.24) is 10.3 Å². The van der Waals surface area contributed by atoms with Crippen molar-refractivity contribution < 1.29 is 19.5 Å². The summed E-state index contributed by atoms with van der Waals surface area (Å²) in [6.07, 6.45) is 1.88. The number of hydrogen-bond donors (Lipinski definition) is 4. The van der Waals surface area contributed by atoms with Crippen LogP contribution in [-0.2, 0) is 16.0 Å². The van der Waals surface area contributed by atoms with Crippen molar-refractivity contribution in [2.24, 2.45) is 0 Å². The molecule has 2 amide bonds. The van der Waals surface area contributed by atoms with E-state index < -0.39 is 17.9 Å². The Morgan fingerprint density at radius 3 is 2.52 bits per heavy atom. The molecule has 4 N–H and O–H groups in total. The topological polar surface area (TPSA) is 111 Å². The van der Waals surface area contributed by atoms with Crippen molar-refractivity contribution in [2.75, 3.05) is 5.32 Å². The van der Waals surface area contributed by atoms with E-state index in [4.69, 9.17) is 0 Å². The van der Waals surface area contributed by atoms with Gasteiger partial charge in [-0.2, -0.15) is 0 Å². The molecule has 0 unspecified atom stereocenters. The van der Waals surface area contributed by atoms with E-state index in [0.29, 0.717) is 5.69 Å². The van der Waals surface area contributed by atoms with Crippen molar-refractivity contribution in [2.45, 2.75) is 19.4 Å². The Morgan fingerprint density at radius 2 is 1.78 bits per heavy atom. The number of rotatable bonds is 6. The Labute approximate surface area is 155 Å². The molecule has 0 saturated heterocycles. The van der Waals surface area contributed by atoms with Gasteiger partial charge in [0.1, 0.15) is 6.04 Å². The summed E-state index contributed by atoms with van der Waals surface area (Å²) in [7, 11) is 0. The molecule has 0 aliphatic heterocycles. The number of H-pyrrole nitrogens is 1. The van der Waals surface area contributed by atoms with Gasteiger partial charge in [-0.1, -0.05) is 30.3 Å². The van der Waals surface area contributed by atoms with Crippen LogP contribution in [0.5, 0.6) is 0 Å². The number of hydrogen-bond acceptors (Lipinski definition) is 3. The minimum Gasteiger partial charge on any atom is -0.480 e. The van der Waals surface area contributed by atoms with Crippen molar-refractivity contribution in [3.8, 4) is 0 Å². The van der Waals surface area contributed by atoms with Crippen LogP contribution in [0.1, 0.15) is 22.8 Å². The van der Waals surface area contributed by atoms with E-state index >= 15 is 0 Å². The van der Waals surface area contributed by atoms with E-state index in [1.54, 1.807) is 24.4 Å². The van der Waals surface area contributed by atoms with Crippen LogP contribution < -0.4 is 10.6 Å². The Bertz CT molecular complexity index is 1010. The van der Waals surface area contributed by atoms with Gasteiger partial charge in [-0.05, 0) is 23.8 Å². The molecule has 3 rings (SSSR count). The van der Waals surface area contributed by atoms with Crippen LogP contribution >= 0.6 is 0 Å². The summed E-state index contributed by atoms with van der Waals surface area (Å²) in [5.41, 5.74) is 2.24. The fraction of sp³-hybridized carbons (Fsp3) is 0.150.